The van der Waals surface area contributed by atoms with Gasteiger partial charge in [0.1, 0.15) is 0 Å². The molecule has 4 nitrogen and oxygen atoms in total. The van der Waals surface area contributed by atoms with E-state index >= 15 is 0 Å². The second-order valence-electron chi connectivity index (χ2n) is 6.75. The minimum absolute atomic E-state index is 0.108. The lowest BCUT2D eigenvalue weighted by molar-refractivity contribution is -0.118. The van der Waals surface area contributed by atoms with E-state index in [9.17, 15) is 9.59 Å². The molecule has 0 bridgehead atoms. The molecule has 0 radical (unpaired) electrons. The summed E-state index contributed by atoms with van der Waals surface area (Å²) in [6, 6.07) is 14.4. The van der Waals surface area contributed by atoms with Crippen molar-refractivity contribution < 1.29 is 9.59 Å². The van der Waals surface area contributed by atoms with Crippen molar-refractivity contribution in [1.82, 2.24) is 4.90 Å². The van der Waals surface area contributed by atoms with E-state index in [1.54, 1.807) is 30.3 Å². The maximum atomic E-state index is 12.8. The molecule has 0 saturated carbocycles. The topological polar surface area (TPSA) is 49.4 Å². The van der Waals surface area contributed by atoms with Crippen LogP contribution in [0.15, 0.2) is 48.5 Å². The summed E-state index contributed by atoms with van der Waals surface area (Å²) >= 11 is 6.09. The first kappa shape index (κ1) is 18.6. The van der Waals surface area contributed by atoms with E-state index in [1.165, 1.54) is 6.42 Å². The molecule has 1 heterocycles. The minimum Gasteiger partial charge on any atom is -0.324 e. The van der Waals surface area contributed by atoms with Crippen LogP contribution in [-0.4, -0.2) is 35.7 Å². The number of amides is 1. The third-order valence-corrected chi connectivity index (χ3v) is 5.06. The van der Waals surface area contributed by atoms with E-state index in [4.69, 9.17) is 11.6 Å². The van der Waals surface area contributed by atoms with Gasteiger partial charge in [0.25, 0.3) is 0 Å². The predicted molar refractivity (Wildman–Crippen MR) is 105 cm³/mol. The van der Waals surface area contributed by atoms with Gasteiger partial charge in [0.15, 0.2) is 5.78 Å². The highest BCUT2D eigenvalue weighted by atomic mass is 35.5. The van der Waals surface area contributed by atoms with Crippen molar-refractivity contribution in [2.24, 2.45) is 0 Å². The number of rotatable bonds is 5. The smallest absolute Gasteiger partial charge is 0.238 e. The number of hydrogen-bond donors (Lipinski definition) is 1. The zero-order chi connectivity index (χ0) is 18.5. The number of benzene rings is 2. The van der Waals surface area contributed by atoms with Gasteiger partial charge in [-0.1, -0.05) is 48.4 Å². The van der Waals surface area contributed by atoms with Gasteiger partial charge in [-0.2, -0.15) is 0 Å². The molecule has 1 amide bonds. The highest BCUT2D eigenvalue weighted by Gasteiger charge is 2.22. The molecule has 0 spiro atoms. The molecule has 5 heteroatoms. The summed E-state index contributed by atoms with van der Waals surface area (Å²) in [5, 5.41) is 3.36. The molecule has 0 aliphatic carbocycles. The van der Waals surface area contributed by atoms with Gasteiger partial charge in [-0.3, -0.25) is 14.5 Å². The Balaban J connectivity index is 1.77. The molecule has 1 aliphatic rings. The van der Waals surface area contributed by atoms with Crippen LogP contribution < -0.4 is 5.32 Å². The lowest BCUT2D eigenvalue weighted by Crippen LogP contribution is -2.42. The van der Waals surface area contributed by atoms with Crippen LogP contribution in [0.1, 0.15) is 42.1 Å². The number of nitrogens with one attached hydrogen (secondary N) is 1. The molecule has 26 heavy (non-hydrogen) atoms. The molecule has 1 fully saturated rings. The number of piperidine rings is 1. The monoisotopic (exact) mass is 370 g/mol. The number of anilines is 1. The number of halogens is 1. The van der Waals surface area contributed by atoms with Crippen LogP contribution in [0.25, 0.3) is 0 Å². The molecule has 1 N–H and O–H groups in total. The number of ketones is 1. The summed E-state index contributed by atoms with van der Waals surface area (Å²) in [5.74, 6) is -0.266. The molecular weight excluding hydrogens is 348 g/mol. The fourth-order valence-electron chi connectivity index (χ4n) is 3.33. The third-order valence-electron chi connectivity index (χ3n) is 4.82. The molecule has 1 unspecified atom stereocenters. The summed E-state index contributed by atoms with van der Waals surface area (Å²) in [7, 11) is 0. The third kappa shape index (κ3) is 4.51. The van der Waals surface area contributed by atoms with Crippen molar-refractivity contribution in [2.75, 3.05) is 18.4 Å². The average molecular weight is 371 g/mol. The van der Waals surface area contributed by atoms with E-state index < -0.39 is 0 Å². The van der Waals surface area contributed by atoms with E-state index in [2.05, 4.69) is 17.1 Å². The maximum Gasteiger partial charge on any atom is 0.238 e. The van der Waals surface area contributed by atoms with Crippen molar-refractivity contribution in [3.63, 3.8) is 0 Å². The lowest BCUT2D eigenvalue weighted by atomic mass is 10.0. The number of hydrogen-bond acceptors (Lipinski definition) is 3. The molecule has 1 aliphatic heterocycles. The SMILES string of the molecule is CC1CCCCN1CC(=O)Nc1ccc(Cl)cc1C(=O)c1ccccc1. The number of carbonyl (C=O) groups is 2. The van der Waals surface area contributed by atoms with E-state index in [1.807, 2.05) is 18.2 Å². The van der Waals surface area contributed by atoms with Crippen LogP contribution in [-0.2, 0) is 4.79 Å². The van der Waals surface area contributed by atoms with E-state index in [-0.39, 0.29) is 11.7 Å². The van der Waals surface area contributed by atoms with Crippen LogP contribution in [0.2, 0.25) is 5.02 Å². The van der Waals surface area contributed by atoms with Crippen molar-refractivity contribution in [3.05, 3.63) is 64.7 Å². The van der Waals surface area contributed by atoms with Crippen LogP contribution in [0.3, 0.4) is 0 Å². The Morgan fingerprint density at radius 3 is 2.65 bits per heavy atom. The molecule has 136 valence electrons. The molecule has 0 aromatic heterocycles. The zero-order valence-electron chi connectivity index (χ0n) is 14.9. The average Bonchev–Trinajstić information content (AvgIpc) is 2.65. The van der Waals surface area contributed by atoms with Crippen LogP contribution in [0.4, 0.5) is 5.69 Å². The van der Waals surface area contributed by atoms with Gasteiger partial charge in [0.05, 0.1) is 12.2 Å². The molecule has 1 saturated heterocycles. The number of nitrogens with zero attached hydrogens (tertiary/aromatic N) is 1. The van der Waals surface area contributed by atoms with E-state index in [0.717, 1.165) is 19.4 Å². The first-order valence-corrected chi connectivity index (χ1v) is 9.35. The first-order chi connectivity index (χ1) is 12.5. The van der Waals surface area contributed by atoms with Crippen molar-refractivity contribution in [3.8, 4) is 0 Å². The fourth-order valence-corrected chi connectivity index (χ4v) is 3.50. The normalized spacial score (nSPS) is 17.7. The van der Waals surface area contributed by atoms with Gasteiger partial charge in [-0.25, -0.2) is 0 Å². The number of carbonyl (C=O) groups excluding carboxylic acids is 2. The van der Waals surface area contributed by atoms with Gasteiger partial charge in [0, 0.05) is 22.2 Å². The Labute approximate surface area is 159 Å². The van der Waals surface area contributed by atoms with Gasteiger partial charge >= 0.3 is 0 Å². The highest BCUT2D eigenvalue weighted by Crippen LogP contribution is 2.24. The Morgan fingerprint density at radius 2 is 1.92 bits per heavy atom. The van der Waals surface area contributed by atoms with Gasteiger partial charge < -0.3 is 5.32 Å². The Hall–Kier alpha value is -2.17. The Kier molecular flexibility index (Phi) is 6.07. The fraction of sp³-hybridized carbons (Fsp3) is 0.333. The summed E-state index contributed by atoms with van der Waals surface area (Å²) in [4.78, 5) is 27.5. The van der Waals surface area contributed by atoms with Crippen molar-refractivity contribution >= 4 is 29.0 Å². The van der Waals surface area contributed by atoms with Crippen molar-refractivity contribution in [1.29, 1.82) is 0 Å². The standard InChI is InChI=1S/C21H23ClN2O2/c1-15-7-5-6-12-24(15)14-20(25)23-19-11-10-17(22)13-18(19)21(26)16-8-3-2-4-9-16/h2-4,8-11,13,15H,5-7,12,14H2,1H3,(H,23,25). The van der Waals surface area contributed by atoms with Gasteiger partial charge in [0.2, 0.25) is 5.91 Å². The molecular formula is C21H23ClN2O2. The number of likely N-dealkylation sites (tertiary alicyclic amines) is 1. The first-order valence-electron chi connectivity index (χ1n) is 8.98. The van der Waals surface area contributed by atoms with Crippen LogP contribution in [0, 0.1) is 0 Å². The summed E-state index contributed by atoms with van der Waals surface area (Å²) in [6.07, 6.45) is 3.45. The summed E-state index contributed by atoms with van der Waals surface area (Å²) < 4.78 is 0. The Bertz CT molecular complexity index is 792. The molecule has 2 aromatic carbocycles. The van der Waals surface area contributed by atoms with E-state index in [0.29, 0.717) is 34.4 Å². The summed E-state index contributed by atoms with van der Waals surface area (Å²) in [5.41, 5.74) is 1.47. The summed E-state index contributed by atoms with van der Waals surface area (Å²) in [6.45, 7) is 3.42. The largest absolute Gasteiger partial charge is 0.324 e. The minimum atomic E-state index is -0.158. The second kappa shape index (κ2) is 8.47. The van der Waals surface area contributed by atoms with Crippen molar-refractivity contribution in [2.45, 2.75) is 32.2 Å². The van der Waals surface area contributed by atoms with Crippen LogP contribution in [0.5, 0.6) is 0 Å². The zero-order valence-corrected chi connectivity index (χ0v) is 15.6. The molecule has 2 aromatic rings. The molecule has 1 atom stereocenters. The molecule has 3 rings (SSSR count). The lowest BCUT2D eigenvalue weighted by Gasteiger charge is -2.32. The van der Waals surface area contributed by atoms with Gasteiger partial charge in [-0.05, 0) is 44.5 Å². The predicted octanol–water partition coefficient (Wildman–Crippen LogP) is 4.38. The second-order valence-corrected chi connectivity index (χ2v) is 7.18. The highest BCUT2D eigenvalue weighted by molar-refractivity contribution is 6.31. The van der Waals surface area contributed by atoms with Gasteiger partial charge in [-0.15, -0.1) is 0 Å². The quantitative estimate of drug-likeness (QED) is 0.794. The van der Waals surface area contributed by atoms with Crippen LogP contribution >= 0.6 is 11.6 Å². The Morgan fingerprint density at radius 1 is 1.15 bits per heavy atom. The maximum absolute atomic E-state index is 12.8.